The number of hydrogen-bond acceptors (Lipinski definition) is 6. The monoisotopic (exact) mass is 562 g/mol. The van der Waals surface area contributed by atoms with E-state index in [1.807, 2.05) is 78.3 Å². The van der Waals surface area contributed by atoms with Gasteiger partial charge in [-0.05, 0) is 61.0 Å². The number of rotatable bonds is 5. The minimum atomic E-state index is -2.47. The molecule has 41 heavy (non-hydrogen) atoms. The molecule has 0 aliphatic carbocycles. The smallest absolute Gasteiger partial charge is 0.288 e. The summed E-state index contributed by atoms with van der Waals surface area (Å²) >= 11 is 0.521. The van der Waals surface area contributed by atoms with Crippen molar-refractivity contribution < 1.29 is 8.78 Å². The number of alkyl halides is 2. The van der Waals surface area contributed by atoms with Gasteiger partial charge in [0.1, 0.15) is 0 Å². The van der Waals surface area contributed by atoms with Gasteiger partial charge in [0.25, 0.3) is 5.76 Å². The molecule has 0 amide bonds. The summed E-state index contributed by atoms with van der Waals surface area (Å²) in [6, 6.07) is 35.0. The highest BCUT2D eigenvalue weighted by Gasteiger charge is 2.41. The predicted octanol–water partition coefficient (Wildman–Crippen LogP) is 8.29. The van der Waals surface area contributed by atoms with Crippen molar-refractivity contribution in [2.75, 3.05) is 10.2 Å². The Hall–Kier alpha value is -4.76. The SMILES string of the molecule is Cc1nn(-c2ccccc2)c2c1[C@@H](c1ccccc1)N1C(=N2)C(Nc2ccc(SC(F)F)cc2)=Nc2ccccc21. The number of aliphatic imine (C=N–C) groups is 2. The summed E-state index contributed by atoms with van der Waals surface area (Å²) in [5, 5.41) is 8.37. The van der Waals surface area contributed by atoms with Crippen LogP contribution in [-0.2, 0) is 0 Å². The number of aromatic nitrogens is 2. The van der Waals surface area contributed by atoms with Crippen molar-refractivity contribution in [3.63, 3.8) is 0 Å². The molecule has 0 bridgehead atoms. The lowest BCUT2D eigenvalue weighted by atomic mass is 9.93. The molecule has 6 nitrogen and oxygen atoms in total. The number of nitrogens with zero attached hydrogens (tertiary/aromatic N) is 5. The van der Waals surface area contributed by atoms with Crippen molar-refractivity contribution in [3.8, 4) is 5.69 Å². The first kappa shape index (κ1) is 25.2. The van der Waals surface area contributed by atoms with E-state index in [1.54, 1.807) is 24.3 Å². The highest BCUT2D eigenvalue weighted by atomic mass is 32.2. The van der Waals surface area contributed by atoms with Gasteiger partial charge in [-0.3, -0.25) is 0 Å². The molecule has 0 unspecified atom stereocenters. The van der Waals surface area contributed by atoms with E-state index in [4.69, 9.17) is 15.1 Å². The number of fused-ring (bicyclic) bond motifs is 4. The molecular weight excluding hydrogens is 538 g/mol. The van der Waals surface area contributed by atoms with Crippen LogP contribution in [0.15, 0.2) is 124 Å². The maximum absolute atomic E-state index is 12.9. The third-order valence-corrected chi connectivity index (χ3v) is 7.82. The predicted molar refractivity (Wildman–Crippen MR) is 162 cm³/mol. The van der Waals surface area contributed by atoms with Crippen LogP contribution in [0.2, 0.25) is 0 Å². The van der Waals surface area contributed by atoms with E-state index in [9.17, 15) is 8.78 Å². The Morgan fingerprint density at radius 3 is 2.22 bits per heavy atom. The number of nitrogens with one attached hydrogen (secondary N) is 1. The van der Waals surface area contributed by atoms with Gasteiger partial charge in [-0.25, -0.2) is 14.7 Å². The highest BCUT2D eigenvalue weighted by molar-refractivity contribution is 7.99. The Kier molecular flexibility index (Phi) is 6.36. The number of anilines is 2. The highest BCUT2D eigenvalue weighted by Crippen LogP contribution is 2.48. The summed E-state index contributed by atoms with van der Waals surface area (Å²) in [4.78, 5) is 12.9. The van der Waals surface area contributed by atoms with Gasteiger partial charge >= 0.3 is 0 Å². The van der Waals surface area contributed by atoms with Crippen molar-refractivity contribution in [2.45, 2.75) is 23.6 Å². The molecule has 2 aliphatic rings. The lowest BCUT2D eigenvalue weighted by Gasteiger charge is -2.40. The number of halogens is 2. The summed E-state index contributed by atoms with van der Waals surface area (Å²) < 4.78 is 27.6. The van der Waals surface area contributed by atoms with E-state index in [1.165, 1.54) is 0 Å². The molecule has 7 rings (SSSR count). The maximum Gasteiger partial charge on any atom is 0.288 e. The van der Waals surface area contributed by atoms with Gasteiger partial charge < -0.3 is 10.2 Å². The molecule has 2 aliphatic heterocycles. The van der Waals surface area contributed by atoms with Crippen LogP contribution in [0.3, 0.4) is 0 Å². The average molecular weight is 563 g/mol. The zero-order valence-electron chi connectivity index (χ0n) is 21.9. The molecule has 4 aromatic carbocycles. The zero-order valence-corrected chi connectivity index (χ0v) is 22.8. The van der Waals surface area contributed by atoms with Crippen molar-refractivity contribution in [1.29, 1.82) is 0 Å². The van der Waals surface area contributed by atoms with Gasteiger partial charge in [0, 0.05) is 16.1 Å². The van der Waals surface area contributed by atoms with Crippen LogP contribution < -0.4 is 10.2 Å². The summed E-state index contributed by atoms with van der Waals surface area (Å²) in [5.41, 5.74) is 6.38. The molecule has 0 spiro atoms. The molecular formula is C32H24F2N6S. The largest absolute Gasteiger partial charge is 0.337 e. The average Bonchev–Trinajstić information content (AvgIpc) is 3.33. The molecule has 1 aromatic heterocycles. The first-order valence-electron chi connectivity index (χ1n) is 13.1. The molecule has 1 atom stereocenters. The topological polar surface area (TPSA) is 57.8 Å². The number of hydrogen-bond donors (Lipinski definition) is 1. The van der Waals surface area contributed by atoms with Gasteiger partial charge in [-0.1, -0.05) is 72.4 Å². The summed E-state index contributed by atoms with van der Waals surface area (Å²) in [5.74, 6) is -0.525. The van der Waals surface area contributed by atoms with Gasteiger partial charge in [-0.15, -0.1) is 0 Å². The molecule has 1 N–H and O–H groups in total. The standard InChI is InChI=1S/C32H24F2N6S/c1-20-27-28(21-10-4-2-5-11-21)39-26-15-9-8-14-25(26)36-29(35-22-16-18-24(19-17-22)41-32(33)34)31(39)37-30(27)40(38-20)23-12-6-3-7-13-23/h2-19,28,32H,1H3,(H,35,36)/t28-/m1/s1. The quantitative estimate of drug-likeness (QED) is 0.219. The third-order valence-electron chi connectivity index (χ3n) is 7.10. The van der Waals surface area contributed by atoms with Crippen LogP contribution in [0.25, 0.3) is 5.69 Å². The second kappa shape index (κ2) is 10.3. The molecule has 0 saturated heterocycles. The lowest BCUT2D eigenvalue weighted by molar-refractivity contribution is 0.252. The Balaban J connectivity index is 1.42. The number of benzene rings is 4. The van der Waals surface area contributed by atoms with Crippen LogP contribution in [0.1, 0.15) is 22.9 Å². The number of para-hydroxylation sites is 3. The fourth-order valence-corrected chi connectivity index (χ4v) is 5.85. The van der Waals surface area contributed by atoms with Gasteiger partial charge in [0.15, 0.2) is 17.5 Å². The van der Waals surface area contributed by atoms with E-state index in [0.717, 1.165) is 45.4 Å². The Morgan fingerprint density at radius 2 is 1.49 bits per heavy atom. The summed E-state index contributed by atoms with van der Waals surface area (Å²) in [6.45, 7) is 2.02. The van der Waals surface area contributed by atoms with E-state index in [-0.39, 0.29) is 6.04 Å². The minimum absolute atomic E-state index is 0.213. The van der Waals surface area contributed by atoms with E-state index >= 15 is 0 Å². The van der Waals surface area contributed by atoms with Crippen molar-refractivity contribution in [3.05, 3.63) is 126 Å². The van der Waals surface area contributed by atoms with Crippen LogP contribution in [0.5, 0.6) is 0 Å². The Bertz CT molecular complexity index is 1780. The number of thioether (sulfide) groups is 1. The first-order chi connectivity index (χ1) is 20.1. The Morgan fingerprint density at radius 1 is 0.805 bits per heavy atom. The third kappa shape index (κ3) is 4.58. The minimum Gasteiger partial charge on any atom is -0.337 e. The Labute approximate surface area is 240 Å². The van der Waals surface area contributed by atoms with Gasteiger partial charge in [-0.2, -0.15) is 13.9 Å². The second-order valence-electron chi connectivity index (χ2n) is 9.67. The molecule has 202 valence electrons. The van der Waals surface area contributed by atoms with Crippen molar-refractivity contribution in [2.24, 2.45) is 9.98 Å². The van der Waals surface area contributed by atoms with E-state index < -0.39 is 5.76 Å². The molecule has 0 saturated carbocycles. The number of aryl methyl sites for hydroxylation is 1. The van der Waals surface area contributed by atoms with E-state index in [0.29, 0.717) is 28.3 Å². The maximum atomic E-state index is 12.9. The lowest BCUT2D eigenvalue weighted by Crippen LogP contribution is -2.46. The molecule has 0 radical (unpaired) electrons. The normalized spacial score (nSPS) is 15.5. The van der Waals surface area contributed by atoms with Crippen LogP contribution >= 0.6 is 11.8 Å². The fraction of sp³-hybridized carbons (Fsp3) is 0.0938. The molecule has 0 fully saturated rings. The van der Waals surface area contributed by atoms with Crippen molar-refractivity contribution in [1.82, 2.24) is 9.78 Å². The van der Waals surface area contributed by atoms with E-state index in [2.05, 4.69) is 28.4 Å². The number of amidine groups is 2. The second-order valence-corrected chi connectivity index (χ2v) is 10.7. The zero-order chi connectivity index (χ0) is 27.9. The van der Waals surface area contributed by atoms with Crippen LogP contribution in [0.4, 0.5) is 31.7 Å². The molecule has 3 heterocycles. The fourth-order valence-electron chi connectivity index (χ4n) is 5.35. The van der Waals surface area contributed by atoms with Gasteiger partial charge in [0.2, 0.25) is 0 Å². The van der Waals surface area contributed by atoms with Crippen molar-refractivity contribution >= 4 is 46.3 Å². The van der Waals surface area contributed by atoms with Crippen LogP contribution in [0, 0.1) is 6.92 Å². The first-order valence-corrected chi connectivity index (χ1v) is 14.0. The van der Waals surface area contributed by atoms with Gasteiger partial charge in [0.05, 0.1) is 28.8 Å². The summed E-state index contributed by atoms with van der Waals surface area (Å²) in [7, 11) is 0. The van der Waals surface area contributed by atoms with Crippen LogP contribution in [-0.4, -0.2) is 27.2 Å². The molecule has 5 aromatic rings. The summed E-state index contributed by atoms with van der Waals surface area (Å²) in [6.07, 6.45) is 0. The molecule has 9 heteroatoms.